The van der Waals surface area contributed by atoms with Crippen LogP contribution in [0, 0.1) is 0 Å². The summed E-state index contributed by atoms with van der Waals surface area (Å²) in [5.74, 6) is 0.707. The number of benzene rings is 8. The standard InChI is InChI=1S/C52H34N4/c1-4-15-35(16-5-1)46-34-47(54-52(53-46)36-17-6-2-7-18-36)39-19-14-22-41(31-39)56-49-26-13-11-24-43(49)45-32-37(28-30-50(45)56)38-27-29-44-42-23-10-12-25-48(42)55(51(44)33-38)40-20-8-3-9-21-40/h1-34H. The second kappa shape index (κ2) is 13.1. The van der Waals surface area contributed by atoms with Crippen LogP contribution in [0.15, 0.2) is 206 Å². The van der Waals surface area contributed by atoms with E-state index in [4.69, 9.17) is 9.97 Å². The fraction of sp³-hybridized carbons (Fsp3) is 0. The average Bonchev–Trinajstić information content (AvgIpc) is 3.79. The lowest BCUT2D eigenvalue weighted by molar-refractivity contribution is 1.16. The van der Waals surface area contributed by atoms with Crippen molar-refractivity contribution in [1.29, 1.82) is 0 Å². The molecule has 11 rings (SSSR count). The second-order valence-corrected chi connectivity index (χ2v) is 14.2. The number of hydrogen-bond acceptors (Lipinski definition) is 2. The van der Waals surface area contributed by atoms with Gasteiger partial charge in [-0.05, 0) is 71.8 Å². The zero-order chi connectivity index (χ0) is 37.0. The van der Waals surface area contributed by atoms with Gasteiger partial charge in [0.15, 0.2) is 5.82 Å². The van der Waals surface area contributed by atoms with Gasteiger partial charge in [0, 0.05) is 49.6 Å². The van der Waals surface area contributed by atoms with Gasteiger partial charge in [-0.25, -0.2) is 9.97 Å². The molecule has 0 aliphatic carbocycles. The van der Waals surface area contributed by atoms with E-state index < -0.39 is 0 Å². The van der Waals surface area contributed by atoms with Gasteiger partial charge in [-0.3, -0.25) is 0 Å². The number of fused-ring (bicyclic) bond motifs is 6. The van der Waals surface area contributed by atoms with Gasteiger partial charge in [0.25, 0.3) is 0 Å². The molecule has 3 heterocycles. The maximum atomic E-state index is 5.13. The summed E-state index contributed by atoms with van der Waals surface area (Å²) in [6, 6.07) is 73.3. The maximum Gasteiger partial charge on any atom is 0.160 e. The van der Waals surface area contributed by atoms with Crippen molar-refractivity contribution in [2.75, 3.05) is 0 Å². The van der Waals surface area contributed by atoms with Crippen LogP contribution in [0.1, 0.15) is 0 Å². The summed E-state index contributed by atoms with van der Waals surface area (Å²) in [4.78, 5) is 10.1. The molecule has 0 radical (unpaired) electrons. The Kier molecular flexibility index (Phi) is 7.46. The molecule has 0 N–H and O–H groups in total. The van der Waals surface area contributed by atoms with Crippen LogP contribution in [0.2, 0.25) is 0 Å². The molecule has 0 fully saturated rings. The first kappa shape index (κ1) is 31.9. The van der Waals surface area contributed by atoms with Crippen molar-refractivity contribution in [2.45, 2.75) is 0 Å². The molecule has 8 aromatic carbocycles. The summed E-state index contributed by atoms with van der Waals surface area (Å²) in [5, 5.41) is 4.94. The molecule has 3 aromatic heterocycles. The Morgan fingerprint density at radius 2 is 0.768 bits per heavy atom. The van der Waals surface area contributed by atoms with Crippen molar-refractivity contribution in [2.24, 2.45) is 0 Å². The number of rotatable bonds is 6. The molecule has 262 valence electrons. The highest BCUT2D eigenvalue weighted by molar-refractivity contribution is 6.12. The Hall–Kier alpha value is -7.56. The van der Waals surface area contributed by atoms with Gasteiger partial charge in [0.1, 0.15) is 0 Å². The predicted octanol–water partition coefficient (Wildman–Crippen LogP) is 13.3. The summed E-state index contributed by atoms with van der Waals surface area (Å²) >= 11 is 0. The molecule has 0 aliphatic rings. The monoisotopic (exact) mass is 714 g/mol. The van der Waals surface area contributed by atoms with Crippen LogP contribution in [0.25, 0.3) is 100 Å². The van der Waals surface area contributed by atoms with Crippen LogP contribution in [0.4, 0.5) is 0 Å². The Morgan fingerprint density at radius 3 is 1.50 bits per heavy atom. The van der Waals surface area contributed by atoms with Crippen LogP contribution in [-0.4, -0.2) is 19.1 Å². The van der Waals surface area contributed by atoms with Gasteiger partial charge >= 0.3 is 0 Å². The first-order valence-electron chi connectivity index (χ1n) is 19.0. The van der Waals surface area contributed by atoms with Gasteiger partial charge in [0.2, 0.25) is 0 Å². The second-order valence-electron chi connectivity index (χ2n) is 14.2. The number of para-hydroxylation sites is 3. The van der Waals surface area contributed by atoms with E-state index in [9.17, 15) is 0 Å². The largest absolute Gasteiger partial charge is 0.309 e. The van der Waals surface area contributed by atoms with Crippen molar-refractivity contribution >= 4 is 43.6 Å². The van der Waals surface area contributed by atoms with Gasteiger partial charge in [-0.2, -0.15) is 0 Å². The zero-order valence-electron chi connectivity index (χ0n) is 30.4. The molecule has 0 spiro atoms. The molecule has 56 heavy (non-hydrogen) atoms. The lowest BCUT2D eigenvalue weighted by Gasteiger charge is -2.12. The Labute approximate surface area is 324 Å². The van der Waals surface area contributed by atoms with E-state index in [1.165, 1.54) is 43.7 Å². The quantitative estimate of drug-likeness (QED) is 0.172. The Balaban J connectivity index is 1.06. The van der Waals surface area contributed by atoms with Gasteiger partial charge in [-0.15, -0.1) is 0 Å². The van der Waals surface area contributed by atoms with E-state index in [1.54, 1.807) is 0 Å². The molecular weight excluding hydrogens is 681 g/mol. The predicted molar refractivity (Wildman–Crippen MR) is 232 cm³/mol. The molecule has 4 heteroatoms. The zero-order valence-corrected chi connectivity index (χ0v) is 30.4. The average molecular weight is 715 g/mol. The summed E-state index contributed by atoms with van der Waals surface area (Å²) in [7, 11) is 0. The normalized spacial score (nSPS) is 11.6. The van der Waals surface area contributed by atoms with E-state index in [1.807, 2.05) is 24.3 Å². The van der Waals surface area contributed by atoms with E-state index in [2.05, 4.69) is 191 Å². The van der Waals surface area contributed by atoms with Crippen molar-refractivity contribution in [1.82, 2.24) is 19.1 Å². The molecule has 0 saturated heterocycles. The Bertz CT molecular complexity index is 3170. The van der Waals surface area contributed by atoms with Crippen molar-refractivity contribution in [3.8, 4) is 56.4 Å². The molecule has 0 bridgehead atoms. The third-order valence-corrected chi connectivity index (χ3v) is 10.9. The number of hydrogen-bond donors (Lipinski definition) is 0. The van der Waals surface area contributed by atoms with E-state index in [-0.39, 0.29) is 0 Å². The molecule has 0 aliphatic heterocycles. The van der Waals surface area contributed by atoms with Gasteiger partial charge in [-0.1, -0.05) is 146 Å². The molecular formula is C52H34N4. The van der Waals surface area contributed by atoms with Gasteiger partial charge in [0.05, 0.1) is 33.5 Å². The summed E-state index contributed by atoms with van der Waals surface area (Å²) in [5.41, 5.74) is 14.2. The summed E-state index contributed by atoms with van der Waals surface area (Å²) in [6.45, 7) is 0. The number of nitrogens with zero attached hydrogens (tertiary/aromatic N) is 4. The van der Waals surface area contributed by atoms with Crippen LogP contribution in [-0.2, 0) is 0 Å². The summed E-state index contributed by atoms with van der Waals surface area (Å²) in [6.07, 6.45) is 0. The Morgan fingerprint density at radius 1 is 0.268 bits per heavy atom. The molecule has 0 atom stereocenters. The fourth-order valence-corrected chi connectivity index (χ4v) is 8.31. The molecule has 4 nitrogen and oxygen atoms in total. The molecule has 11 aromatic rings. The van der Waals surface area contributed by atoms with Crippen molar-refractivity contribution in [3.05, 3.63) is 206 Å². The van der Waals surface area contributed by atoms with Crippen LogP contribution < -0.4 is 0 Å². The molecule has 0 unspecified atom stereocenters. The first-order chi connectivity index (χ1) is 27.8. The minimum absolute atomic E-state index is 0.707. The highest BCUT2D eigenvalue weighted by Crippen LogP contribution is 2.39. The van der Waals surface area contributed by atoms with Crippen LogP contribution in [0.3, 0.4) is 0 Å². The van der Waals surface area contributed by atoms with Crippen molar-refractivity contribution < 1.29 is 0 Å². The van der Waals surface area contributed by atoms with Gasteiger partial charge < -0.3 is 9.13 Å². The number of aromatic nitrogens is 4. The lowest BCUT2D eigenvalue weighted by atomic mass is 10.0. The summed E-state index contributed by atoms with van der Waals surface area (Å²) < 4.78 is 4.76. The minimum atomic E-state index is 0.707. The minimum Gasteiger partial charge on any atom is -0.309 e. The topological polar surface area (TPSA) is 35.6 Å². The highest BCUT2D eigenvalue weighted by Gasteiger charge is 2.17. The van der Waals surface area contributed by atoms with Crippen LogP contribution in [0.5, 0.6) is 0 Å². The van der Waals surface area contributed by atoms with E-state index in [0.717, 1.165) is 50.5 Å². The van der Waals surface area contributed by atoms with E-state index >= 15 is 0 Å². The fourth-order valence-electron chi connectivity index (χ4n) is 8.31. The SMILES string of the molecule is c1ccc(-c2cc(-c3cccc(-n4c5ccccc5c5cc(-c6ccc7c8ccccc8n(-c8ccccc8)c7c6)ccc54)c3)nc(-c3ccccc3)n2)cc1. The molecule has 0 saturated carbocycles. The van der Waals surface area contributed by atoms with Crippen LogP contribution >= 0.6 is 0 Å². The smallest absolute Gasteiger partial charge is 0.160 e. The van der Waals surface area contributed by atoms with Crippen molar-refractivity contribution in [3.63, 3.8) is 0 Å². The lowest BCUT2D eigenvalue weighted by Crippen LogP contribution is -1.97. The third kappa shape index (κ3) is 5.31. The maximum absolute atomic E-state index is 5.13. The molecule has 0 amide bonds. The first-order valence-corrected chi connectivity index (χ1v) is 19.0. The third-order valence-electron chi connectivity index (χ3n) is 10.9. The van der Waals surface area contributed by atoms with E-state index in [0.29, 0.717) is 5.82 Å². The highest BCUT2D eigenvalue weighted by atomic mass is 15.0.